The number of benzene rings is 2. The largest absolute Gasteiger partial charge is 0.454 e. The molecule has 0 saturated heterocycles. The van der Waals surface area contributed by atoms with Gasteiger partial charge in [0, 0.05) is 12.1 Å². The Morgan fingerprint density at radius 2 is 1.93 bits per heavy atom. The third kappa shape index (κ3) is 3.43. The van der Waals surface area contributed by atoms with Gasteiger partial charge in [-0.1, -0.05) is 6.08 Å². The predicted octanol–water partition coefficient (Wildman–Crippen LogP) is 1.41. The first-order valence-corrected chi connectivity index (χ1v) is 8.91. The van der Waals surface area contributed by atoms with E-state index in [1.807, 2.05) is 26.0 Å². The van der Waals surface area contributed by atoms with Crippen molar-refractivity contribution in [3.8, 4) is 11.5 Å². The summed E-state index contributed by atoms with van der Waals surface area (Å²) in [5, 5.41) is 4.56. The second-order valence-electron chi connectivity index (χ2n) is 6.83. The molecule has 2 aliphatic rings. The standard InChI is InChI=1S/C21H20N2O4/c1-12-7-16-9-15(21(25)23-17(16)8-13(12)2)5-6-22-20(24)14-3-4-18-19(10-14)27-11-26-18/h3-4,7-10,15H,5-6,11H2,1-2H3,(H,22,24). The van der Waals surface area contributed by atoms with Crippen LogP contribution < -0.4 is 25.4 Å². The van der Waals surface area contributed by atoms with Crippen molar-refractivity contribution < 1.29 is 19.1 Å². The van der Waals surface area contributed by atoms with Gasteiger partial charge in [-0.3, -0.25) is 9.59 Å². The Kier molecular flexibility index (Phi) is 4.39. The van der Waals surface area contributed by atoms with Crippen LogP contribution in [-0.2, 0) is 4.79 Å². The first kappa shape index (κ1) is 17.3. The van der Waals surface area contributed by atoms with Crippen LogP contribution in [0.1, 0.15) is 27.9 Å². The summed E-state index contributed by atoms with van der Waals surface area (Å²) in [6.07, 6.45) is 2.45. The molecule has 2 amide bonds. The molecule has 0 fully saturated rings. The summed E-state index contributed by atoms with van der Waals surface area (Å²) < 4.78 is 10.5. The number of aryl methyl sites for hydroxylation is 2. The van der Waals surface area contributed by atoms with Gasteiger partial charge in [0.05, 0.1) is 11.3 Å². The smallest absolute Gasteiger partial charge is 0.253 e. The van der Waals surface area contributed by atoms with Crippen LogP contribution in [0.2, 0.25) is 0 Å². The van der Waals surface area contributed by atoms with Crippen molar-refractivity contribution in [3.05, 3.63) is 57.6 Å². The Labute approximate surface area is 156 Å². The zero-order valence-corrected chi connectivity index (χ0v) is 15.2. The Bertz CT molecular complexity index is 1060. The Morgan fingerprint density at radius 1 is 1.15 bits per heavy atom. The number of carbonyl (C=O) groups excluding carboxylic acids is 2. The summed E-state index contributed by atoms with van der Waals surface area (Å²) in [6, 6.07) is 9.06. The van der Waals surface area contributed by atoms with Crippen molar-refractivity contribution >= 4 is 17.9 Å². The van der Waals surface area contributed by atoms with E-state index in [1.54, 1.807) is 18.2 Å². The molecule has 2 aromatic carbocycles. The molecule has 2 aliphatic heterocycles. The summed E-state index contributed by atoms with van der Waals surface area (Å²) in [5.41, 5.74) is 2.79. The van der Waals surface area contributed by atoms with E-state index in [0.717, 1.165) is 16.1 Å². The fourth-order valence-electron chi connectivity index (χ4n) is 3.23. The van der Waals surface area contributed by atoms with Crippen LogP contribution in [0.25, 0.3) is 6.08 Å². The van der Waals surface area contributed by atoms with Gasteiger partial charge in [-0.15, -0.1) is 0 Å². The van der Waals surface area contributed by atoms with Gasteiger partial charge >= 0.3 is 0 Å². The summed E-state index contributed by atoms with van der Waals surface area (Å²) in [5.74, 6) is 0.513. The lowest BCUT2D eigenvalue weighted by Gasteiger charge is -2.13. The summed E-state index contributed by atoms with van der Waals surface area (Å²) >= 11 is 0. The second kappa shape index (κ2) is 6.87. The molecule has 6 nitrogen and oxygen atoms in total. The Balaban J connectivity index is 1.41. The van der Waals surface area contributed by atoms with Crippen LogP contribution in [0, 0.1) is 19.8 Å². The maximum Gasteiger partial charge on any atom is 0.253 e. The number of fused-ring (bicyclic) bond motifs is 2. The van der Waals surface area contributed by atoms with E-state index in [1.165, 1.54) is 5.56 Å². The summed E-state index contributed by atoms with van der Waals surface area (Å²) in [6.45, 7) is 4.60. The Hall–Kier alpha value is -3.15. The van der Waals surface area contributed by atoms with Gasteiger partial charge in [0.2, 0.25) is 6.79 Å². The Morgan fingerprint density at radius 3 is 2.78 bits per heavy atom. The van der Waals surface area contributed by atoms with Crippen LogP contribution in [0.3, 0.4) is 0 Å². The van der Waals surface area contributed by atoms with Crippen molar-refractivity contribution in [1.82, 2.24) is 5.32 Å². The number of rotatable bonds is 4. The van der Waals surface area contributed by atoms with Gasteiger partial charge < -0.3 is 14.8 Å². The molecule has 2 aromatic rings. The number of nitrogens with one attached hydrogen (secondary N) is 1. The molecule has 0 bridgehead atoms. The monoisotopic (exact) mass is 364 g/mol. The third-order valence-corrected chi connectivity index (χ3v) is 4.95. The molecule has 0 aliphatic carbocycles. The maximum absolute atomic E-state index is 12.3. The van der Waals surface area contributed by atoms with Gasteiger partial charge in [0.15, 0.2) is 11.5 Å². The van der Waals surface area contributed by atoms with Crippen LogP contribution in [-0.4, -0.2) is 25.2 Å². The van der Waals surface area contributed by atoms with E-state index in [4.69, 9.17) is 9.47 Å². The molecule has 0 saturated carbocycles. The van der Waals surface area contributed by atoms with Crippen molar-refractivity contribution in [2.45, 2.75) is 20.3 Å². The quantitative estimate of drug-likeness (QED) is 0.890. The number of hydrogen-bond acceptors (Lipinski definition) is 4. The first-order chi connectivity index (χ1) is 13.0. The average Bonchev–Trinajstić information content (AvgIpc) is 3.11. The predicted molar refractivity (Wildman–Crippen MR) is 99.2 cm³/mol. The highest BCUT2D eigenvalue weighted by atomic mass is 16.7. The lowest BCUT2D eigenvalue weighted by Crippen LogP contribution is -2.36. The normalized spacial score (nSPS) is 17.0. The van der Waals surface area contributed by atoms with Crippen molar-refractivity contribution in [1.29, 1.82) is 0 Å². The van der Waals surface area contributed by atoms with Gasteiger partial charge in [0.25, 0.3) is 11.8 Å². The van der Waals surface area contributed by atoms with Crippen LogP contribution in [0.15, 0.2) is 35.3 Å². The molecule has 2 heterocycles. The molecule has 0 spiro atoms. The fraction of sp³-hybridized carbons (Fsp3) is 0.286. The van der Waals surface area contributed by atoms with Crippen LogP contribution in [0.4, 0.5) is 0 Å². The lowest BCUT2D eigenvalue weighted by atomic mass is 9.98. The zero-order valence-electron chi connectivity index (χ0n) is 15.2. The van der Waals surface area contributed by atoms with Gasteiger partial charge in [-0.05, 0) is 66.9 Å². The van der Waals surface area contributed by atoms with Gasteiger partial charge in [-0.25, -0.2) is 4.99 Å². The van der Waals surface area contributed by atoms with E-state index in [0.29, 0.717) is 30.0 Å². The van der Waals surface area contributed by atoms with Crippen molar-refractivity contribution in [3.63, 3.8) is 0 Å². The molecule has 1 atom stereocenters. The van der Waals surface area contributed by atoms with Crippen LogP contribution in [0.5, 0.6) is 11.5 Å². The lowest BCUT2D eigenvalue weighted by molar-refractivity contribution is -0.120. The van der Waals surface area contributed by atoms with E-state index in [2.05, 4.69) is 16.4 Å². The molecule has 1 N–H and O–H groups in total. The van der Waals surface area contributed by atoms with E-state index in [9.17, 15) is 9.59 Å². The average molecular weight is 364 g/mol. The minimum Gasteiger partial charge on any atom is -0.454 e. The topological polar surface area (TPSA) is 77.0 Å². The molecule has 6 heteroatoms. The molecule has 1 unspecified atom stereocenters. The second-order valence-corrected chi connectivity index (χ2v) is 6.83. The summed E-state index contributed by atoms with van der Waals surface area (Å²) in [4.78, 5) is 28.8. The minimum atomic E-state index is -0.323. The molecule has 27 heavy (non-hydrogen) atoms. The SMILES string of the molecule is Cc1cc2c(cc1C)=NC(=O)C(CCNC(=O)c1ccc3c(c1)OCO3)C=2. The maximum atomic E-state index is 12.3. The molecule has 4 rings (SSSR count). The van der Waals surface area contributed by atoms with E-state index in [-0.39, 0.29) is 24.5 Å². The first-order valence-electron chi connectivity index (χ1n) is 8.91. The highest BCUT2D eigenvalue weighted by molar-refractivity contribution is 5.95. The number of carbonyl (C=O) groups is 2. The molecule has 138 valence electrons. The van der Waals surface area contributed by atoms with E-state index >= 15 is 0 Å². The summed E-state index contributed by atoms with van der Waals surface area (Å²) in [7, 11) is 0. The van der Waals surface area contributed by atoms with E-state index < -0.39 is 0 Å². The zero-order chi connectivity index (χ0) is 19.0. The molecular weight excluding hydrogens is 344 g/mol. The molecule has 0 aromatic heterocycles. The van der Waals surface area contributed by atoms with Crippen LogP contribution >= 0.6 is 0 Å². The highest BCUT2D eigenvalue weighted by Crippen LogP contribution is 2.32. The number of hydrogen-bond donors (Lipinski definition) is 1. The van der Waals surface area contributed by atoms with Crippen molar-refractivity contribution in [2.24, 2.45) is 10.9 Å². The number of ether oxygens (including phenoxy) is 2. The van der Waals surface area contributed by atoms with Gasteiger partial charge in [0.1, 0.15) is 0 Å². The highest BCUT2D eigenvalue weighted by Gasteiger charge is 2.20. The van der Waals surface area contributed by atoms with Gasteiger partial charge in [-0.2, -0.15) is 0 Å². The molecule has 0 radical (unpaired) electrons. The number of amides is 2. The minimum absolute atomic E-state index is 0.164. The third-order valence-electron chi connectivity index (χ3n) is 4.95. The van der Waals surface area contributed by atoms with Crippen molar-refractivity contribution in [2.75, 3.05) is 13.3 Å². The number of nitrogens with zero attached hydrogens (tertiary/aromatic N) is 1. The fourth-order valence-corrected chi connectivity index (χ4v) is 3.23. The molecular formula is C21H20N2O4.